The van der Waals surface area contributed by atoms with Crippen LogP contribution >= 0.6 is 0 Å². The van der Waals surface area contributed by atoms with Gasteiger partial charge in [-0.2, -0.15) is 5.10 Å². The molecule has 0 aliphatic carbocycles. The van der Waals surface area contributed by atoms with E-state index in [-0.39, 0.29) is 76.5 Å². The molecule has 3 rings (SSSR count). The fraction of sp³-hybridized carbons (Fsp3) is 0.625. The molecule has 0 saturated carbocycles. The fourth-order valence-electron chi connectivity index (χ4n) is 2.71. The Morgan fingerprint density at radius 1 is 0.814 bits per heavy atom. The standard InChI is InChI=1S/C10H19N3O3Si.C9H17N3O3Si.C5H6N2O2.K/c1-15-10(14)9-12-11-7-13(9)8-16-5-6-17(2,3)4;1-16(2,3)5-4-15-7-12-6-10-11-8(12)9(13)14;1-9-5(8)4-2-3-6-7-4;/h7H,5-6,8H2,1-4H3;6H,4-5,7H2,1-3H3,(H,13,14);3H,2H2,1H3;/q;;;+1/p-1. The third kappa shape index (κ3) is 17.8. The molecule has 3 heterocycles. The summed E-state index contributed by atoms with van der Waals surface area (Å²) in [5, 5.41) is 31.9. The van der Waals surface area contributed by atoms with Gasteiger partial charge in [-0.05, 0) is 12.1 Å². The van der Waals surface area contributed by atoms with E-state index in [9.17, 15) is 19.5 Å². The SMILES string of the molecule is COC(=O)C1=NN=CC1.COC(=O)c1nncn1COCC[Si](C)(C)C.C[Si](C)(C)CCOCn1cnnc1C(=O)[O-].[K+]. The maximum Gasteiger partial charge on any atom is 1.00 e. The van der Waals surface area contributed by atoms with E-state index in [4.69, 9.17) is 9.47 Å². The molecule has 1 aliphatic rings. The van der Waals surface area contributed by atoms with Crippen molar-refractivity contribution in [1.29, 1.82) is 0 Å². The Morgan fingerprint density at radius 3 is 1.67 bits per heavy atom. The van der Waals surface area contributed by atoms with Crippen LogP contribution in [0.5, 0.6) is 0 Å². The van der Waals surface area contributed by atoms with E-state index in [0.29, 0.717) is 25.3 Å². The largest absolute Gasteiger partial charge is 1.00 e. The normalized spacial score (nSPS) is 12.1. The summed E-state index contributed by atoms with van der Waals surface area (Å²) in [5.74, 6) is -2.27. The minimum atomic E-state index is -1.34. The molecule has 0 spiro atoms. The molecule has 0 fully saturated rings. The van der Waals surface area contributed by atoms with Gasteiger partial charge in [-0.3, -0.25) is 9.13 Å². The average Bonchev–Trinajstić information content (AvgIpc) is 3.70. The number of aromatic nitrogens is 6. The van der Waals surface area contributed by atoms with Crippen LogP contribution in [0.2, 0.25) is 51.4 Å². The third-order valence-electron chi connectivity index (χ3n) is 5.20. The molecule has 43 heavy (non-hydrogen) atoms. The Kier molecular flexibility index (Phi) is 19.9. The number of carboxylic acids is 1. The van der Waals surface area contributed by atoms with Crippen molar-refractivity contribution < 1.29 is 89.8 Å². The van der Waals surface area contributed by atoms with Crippen molar-refractivity contribution in [3.05, 3.63) is 24.3 Å². The summed E-state index contributed by atoms with van der Waals surface area (Å²) in [6, 6.07) is 2.12. The molecule has 0 radical (unpaired) electrons. The van der Waals surface area contributed by atoms with E-state index < -0.39 is 34.1 Å². The van der Waals surface area contributed by atoms with Crippen LogP contribution in [-0.2, 0) is 37.2 Å². The van der Waals surface area contributed by atoms with Gasteiger partial charge in [0.25, 0.3) is 0 Å². The van der Waals surface area contributed by atoms with Gasteiger partial charge in [0.15, 0.2) is 11.5 Å². The molecule has 19 heteroatoms. The van der Waals surface area contributed by atoms with Gasteiger partial charge in [0.1, 0.15) is 32.1 Å². The zero-order valence-corrected chi connectivity index (χ0v) is 31.6. The van der Waals surface area contributed by atoms with E-state index in [1.807, 2.05) is 0 Å². The number of carbonyl (C=O) groups excluding carboxylic acids is 3. The molecule has 0 unspecified atom stereocenters. The van der Waals surface area contributed by atoms with E-state index in [0.717, 1.165) is 12.1 Å². The van der Waals surface area contributed by atoms with Crippen molar-refractivity contribution in [3.8, 4) is 0 Å². The number of ether oxygens (including phenoxy) is 4. The number of methoxy groups -OCH3 is 2. The van der Waals surface area contributed by atoms with Gasteiger partial charge < -0.3 is 28.8 Å². The molecule has 234 valence electrons. The van der Waals surface area contributed by atoms with Crippen LogP contribution < -0.4 is 56.5 Å². The number of carbonyl (C=O) groups is 3. The topological polar surface area (TPSA) is 197 Å². The van der Waals surface area contributed by atoms with Crippen molar-refractivity contribution in [2.24, 2.45) is 10.2 Å². The molecule has 0 bridgehead atoms. The second-order valence-corrected chi connectivity index (χ2v) is 22.5. The second-order valence-electron chi connectivity index (χ2n) is 11.3. The Balaban J connectivity index is 0.000000635. The first-order valence-electron chi connectivity index (χ1n) is 13.1. The van der Waals surface area contributed by atoms with Crippen molar-refractivity contribution in [2.75, 3.05) is 27.4 Å². The Labute approximate surface area is 296 Å². The van der Waals surface area contributed by atoms with Gasteiger partial charge in [-0.25, -0.2) is 9.59 Å². The molecule has 0 aromatic carbocycles. The van der Waals surface area contributed by atoms with Crippen molar-refractivity contribution in [3.63, 3.8) is 0 Å². The van der Waals surface area contributed by atoms with Crippen molar-refractivity contribution >= 4 is 46.0 Å². The number of nitrogens with zero attached hydrogens (tertiary/aromatic N) is 8. The van der Waals surface area contributed by atoms with Gasteiger partial charge in [0.05, 0.1) is 14.2 Å². The number of hydrogen-bond acceptors (Lipinski definition) is 14. The van der Waals surface area contributed by atoms with Crippen LogP contribution in [-0.4, -0.2) is 103 Å². The van der Waals surface area contributed by atoms with Gasteiger partial charge in [0.2, 0.25) is 5.82 Å². The average molecular weight is 665 g/mol. The molecule has 1 aliphatic heterocycles. The first-order valence-corrected chi connectivity index (χ1v) is 20.5. The summed E-state index contributed by atoms with van der Waals surface area (Å²) in [6.45, 7) is 15.4. The second kappa shape index (κ2) is 20.9. The monoisotopic (exact) mass is 664 g/mol. The maximum absolute atomic E-state index is 11.3. The zero-order valence-electron chi connectivity index (χ0n) is 26.5. The Bertz CT molecular complexity index is 1210. The van der Waals surface area contributed by atoms with E-state index in [1.54, 1.807) is 6.21 Å². The number of hydrogen-bond donors (Lipinski definition) is 0. The first-order chi connectivity index (χ1) is 19.7. The smallest absolute Gasteiger partial charge is 0.541 e. The van der Waals surface area contributed by atoms with Gasteiger partial charge in [-0.15, -0.1) is 25.5 Å². The quantitative estimate of drug-likeness (QED) is 0.134. The van der Waals surface area contributed by atoms with Gasteiger partial charge in [0, 0.05) is 42.0 Å². The molecule has 0 amide bonds. The van der Waals surface area contributed by atoms with Crippen molar-refractivity contribution in [1.82, 2.24) is 29.5 Å². The summed E-state index contributed by atoms with van der Waals surface area (Å²) >= 11 is 0. The Morgan fingerprint density at radius 2 is 1.28 bits per heavy atom. The number of rotatable bonds is 13. The molecule has 16 nitrogen and oxygen atoms in total. The van der Waals surface area contributed by atoms with Crippen LogP contribution in [0.25, 0.3) is 0 Å². The number of aromatic carboxylic acids is 1. The summed E-state index contributed by atoms with van der Waals surface area (Å²) in [6.07, 6.45) is 4.83. The number of esters is 2. The first kappa shape index (κ1) is 41.0. The zero-order chi connectivity index (χ0) is 31.8. The molecular weight excluding hydrogens is 624 g/mol. The predicted octanol–water partition coefficient (Wildman–Crippen LogP) is -1.68. The van der Waals surface area contributed by atoms with Gasteiger partial charge >= 0.3 is 63.3 Å². The number of carboxylic acid groups (broad SMARTS) is 1. The van der Waals surface area contributed by atoms with Gasteiger partial charge in [-0.1, -0.05) is 39.3 Å². The predicted molar refractivity (Wildman–Crippen MR) is 156 cm³/mol. The van der Waals surface area contributed by atoms with Crippen LogP contribution in [0, 0.1) is 0 Å². The van der Waals surface area contributed by atoms with E-state index in [2.05, 4.69) is 79.4 Å². The molecule has 0 atom stereocenters. The Hall–Kier alpha value is -1.98. The van der Waals surface area contributed by atoms with Crippen LogP contribution in [0.4, 0.5) is 0 Å². The molecule has 2 aromatic heterocycles. The van der Waals surface area contributed by atoms with Crippen LogP contribution in [0.15, 0.2) is 22.9 Å². The molecule has 2 aromatic rings. The van der Waals surface area contributed by atoms with E-state index >= 15 is 0 Å². The summed E-state index contributed by atoms with van der Waals surface area (Å²) in [7, 11) is 0.448. The minimum absolute atomic E-state index is 0. The van der Waals surface area contributed by atoms with Crippen LogP contribution in [0.1, 0.15) is 27.7 Å². The molecule has 0 N–H and O–H groups in total. The summed E-state index contributed by atoms with van der Waals surface area (Å²) in [5.41, 5.74) is 0.373. The summed E-state index contributed by atoms with van der Waals surface area (Å²) in [4.78, 5) is 32.5. The maximum atomic E-state index is 11.3. The van der Waals surface area contributed by atoms with Crippen LogP contribution in [0.3, 0.4) is 0 Å². The molecule has 0 saturated heterocycles. The van der Waals surface area contributed by atoms with E-state index in [1.165, 1.54) is 36.0 Å². The fourth-order valence-corrected chi connectivity index (χ4v) is 4.22. The van der Waals surface area contributed by atoms with Crippen molar-refractivity contribution in [2.45, 2.75) is 71.3 Å². The third-order valence-corrected chi connectivity index (χ3v) is 8.61. The minimum Gasteiger partial charge on any atom is -0.541 e. The molecular formula is C24H41KN8O8Si2. The summed E-state index contributed by atoms with van der Waals surface area (Å²) < 4.78 is 22.7.